The number of carboxylic acids is 5. The Morgan fingerprint density at radius 2 is 0.573 bits per heavy atom. The Labute approximate surface area is 637 Å². The van der Waals surface area contributed by atoms with Gasteiger partial charge in [-0.2, -0.15) is 0 Å². The zero-order valence-electron chi connectivity index (χ0n) is 71.1. The number of ether oxygens (including phenoxy) is 1. The second kappa shape index (κ2) is 51.8. The van der Waals surface area contributed by atoms with E-state index in [2.05, 4.69) is 217 Å². The van der Waals surface area contributed by atoms with Crippen LogP contribution < -0.4 is 4.74 Å². The van der Waals surface area contributed by atoms with Crippen LogP contribution in [0.25, 0.3) is 0 Å². The van der Waals surface area contributed by atoms with Crippen molar-refractivity contribution in [2.75, 3.05) is 113 Å². The highest BCUT2D eigenvalue weighted by Gasteiger charge is 2.19. The highest BCUT2D eigenvalue weighted by atomic mass is 35.5. The van der Waals surface area contributed by atoms with Crippen molar-refractivity contribution in [2.45, 2.75) is 196 Å². The lowest BCUT2D eigenvalue weighted by Crippen LogP contribution is -2.34. The number of quaternary nitrogens is 5. The van der Waals surface area contributed by atoms with E-state index < -0.39 is 29.8 Å². The molecule has 5 rings (SSSR count). The fourth-order valence-electron chi connectivity index (χ4n) is 8.80. The average molecular weight is 1490 g/mol. The molecule has 5 N–H and O–H groups in total. The van der Waals surface area contributed by atoms with Gasteiger partial charge in [0.1, 0.15) is 38.5 Å². The molecule has 0 bridgehead atoms. The maximum absolute atomic E-state index is 9.93. The first-order valence-electron chi connectivity index (χ1n) is 36.1. The molecular formula is C85H148Cl2N5O11+5. The minimum Gasteiger partial charge on any atom is -0.497 e. The number of halogens is 2. The third-order valence-electron chi connectivity index (χ3n) is 16.7. The molecule has 0 amide bonds. The van der Waals surface area contributed by atoms with Crippen LogP contribution in [0, 0.1) is 91.9 Å². The normalized spacial score (nSPS) is 12.3. The van der Waals surface area contributed by atoms with Crippen LogP contribution in [0.15, 0.2) is 78.9 Å². The van der Waals surface area contributed by atoms with Crippen LogP contribution in [0.2, 0.25) is 10.0 Å². The van der Waals surface area contributed by atoms with Gasteiger partial charge in [0, 0.05) is 27.8 Å². The first-order valence-corrected chi connectivity index (χ1v) is 36.9. The monoisotopic (exact) mass is 1490 g/mol. The molecule has 5 aromatic carbocycles. The van der Waals surface area contributed by atoms with Crippen molar-refractivity contribution < 1.29 is 76.7 Å². The fourth-order valence-corrected chi connectivity index (χ4v) is 9.12. The van der Waals surface area contributed by atoms with E-state index in [1.807, 2.05) is 65.0 Å². The van der Waals surface area contributed by atoms with E-state index in [1.165, 1.54) is 77.9 Å². The Hall–Kier alpha value is -6.37. The Kier molecular flexibility index (Phi) is 52.9. The number of aliphatic carboxylic acids is 5. The Morgan fingerprint density at radius 1 is 0.330 bits per heavy atom. The van der Waals surface area contributed by atoms with Crippen LogP contribution in [0.3, 0.4) is 0 Å². The molecule has 0 saturated heterocycles. The van der Waals surface area contributed by atoms with Crippen molar-refractivity contribution in [3.63, 3.8) is 0 Å². The molecule has 5 atom stereocenters. The molecule has 18 heteroatoms. The third-order valence-corrected chi connectivity index (χ3v) is 17.4. The van der Waals surface area contributed by atoms with Crippen LogP contribution in [-0.4, -0.2) is 191 Å². The van der Waals surface area contributed by atoms with Crippen LogP contribution in [0.4, 0.5) is 0 Å². The molecule has 0 aromatic heterocycles. The molecule has 0 aliphatic heterocycles. The summed E-state index contributed by atoms with van der Waals surface area (Å²) in [4.78, 5) is 49.7. The van der Waals surface area contributed by atoms with Crippen molar-refractivity contribution in [2.24, 2.45) is 29.6 Å². The highest BCUT2D eigenvalue weighted by molar-refractivity contribution is 6.42. The predicted molar refractivity (Wildman–Crippen MR) is 436 cm³/mol. The number of carbonyl (C=O) groups is 5. The molecule has 16 nitrogen and oxygen atoms in total. The average Bonchev–Trinajstić information content (AvgIpc) is 0.794. The lowest BCUT2D eigenvalue weighted by molar-refractivity contribution is -0.884. The van der Waals surface area contributed by atoms with Gasteiger partial charge in [0.15, 0.2) is 0 Å². The van der Waals surface area contributed by atoms with Gasteiger partial charge in [0.25, 0.3) is 0 Å². The smallest absolute Gasteiger partial charge is 0.306 e. The number of carboxylic acid groups (broad SMARTS) is 5. The van der Waals surface area contributed by atoms with E-state index in [4.69, 9.17) is 53.5 Å². The summed E-state index contributed by atoms with van der Waals surface area (Å²) in [6.45, 7) is 43.1. The van der Waals surface area contributed by atoms with Crippen molar-refractivity contribution >= 4 is 53.0 Å². The summed E-state index contributed by atoms with van der Waals surface area (Å²) in [5.74, 6) is -3.51. The van der Waals surface area contributed by atoms with Gasteiger partial charge >= 0.3 is 29.8 Å². The highest BCUT2D eigenvalue weighted by Crippen LogP contribution is 2.28. The molecule has 588 valence electrons. The van der Waals surface area contributed by atoms with Crippen LogP contribution in [0.5, 0.6) is 5.75 Å². The first kappa shape index (κ1) is 105. The Bertz CT molecular complexity index is 3070. The molecule has 0 radical (unpaired) electrons. The van der Waals surface area contributed by atoms with Gasteiger partial charge in [-0.25, -0.2) is 0 Å². The molecule has 103 heavy (non-hydrogen) atoms. The molecule has 5 aromatic rings. The largest absolute Gasteiger partial charge is 0.497 e. The van der Waals surface area contributed by atoms with E-state index in [-0.39, 0.29) is 29.6 Å². The standard InChI is InChI=1S/C15H26N.C13H22N.C11H18NO.C11H18N.C10H14Cl2N.5C5H10O2/c1-10-11(2)13(4)15(9-16(6,7)8)14(5)12(10)3;1-10-7-11(2)13(12(3)8-10)9-14(4,5)6;1-12(2,3)9-10-5-7-11(13-4)8-6-10;1-10-5-7-11(8-6-10)9-12(2,3)4;1-13(2,3)7-8-4-5-9(11)10(12)6-8;5*1-3-4(2)5(6)7/h9H2,1-8H3;7-8H,9H2,1-6H3;5-8H,9H2,1-4H3;5-8H,9H2,1-4H3;4-6H,7H2,1-3H3;5*4H,3H2,1-2H3,(H,6,7)/q5*+1;;;;;. The number of rotatable bonds is 21. The van der Waals surface area contributed by atoms with E-state index >= 15 is 0 Å². The van der Waals surface area contributed by atoms with Crippen molar-refractivity contribution in [1.29, 1.82) is 0 Å². The summed E-state index contributed by atoms with van der Waals surface area (Å²) in [6.07, 6.45) is 3.59. The van der Waals surface area contributed by atoms with E-state index in [0.29, 0.717) is 10.0 Å². The Morgan fingerprint density at radius 3 is 0.806 bits per heavy atom. The molecule has 0 heterocycles. The van der Waals surface area contributed by atoms with Gasteiger partial charge < -0.3 is 52.7 Å². The maximum atomic E-state index is 9.93. The summed E-state index contributed by atoms with van der Waals surface area (Å²) < 4.78 is 9.90. The van der Waals surface area contributed by atoms with Crippen LogP contribution in [-0.2, 0) is 56.7 Å². The summed E-state index contributed by atoms with van der Waals surface area (Å²) >= 11 is 11.7. The van der Waals surface area contributed by atoms with Gasteiger partial charge in [-0.05, 0) is 170 Å². The summed E-state index contributed by atoms with van der Waals surface area (Å²) in [5, 5.41) is 42.2. The topological polar surface area (TPSA) is 196 Å². The lowest BCUT2D eigenvalue weighted by Gasteiger charge is -2.27. The first-order chi connectivity index (χ1) is 46.7. The zero-order valence-corrected chi connectivity index (χ0v) is 72.7. The second-order valence-corrected chi connectivity index (χ2v) is 33.4. The second-order valence-electron chi connectivity index (χ2n) is 32.5. The quantitative estimate of drug-likeness (QED) is 0.0439. The number of nitrogens with zero attached hydrogens (tertiary/aromatic N) is 5. The van der Waals surface area contributed by atoms with Gasteiger partial charge in [-0.15, -0.1) is 0 Å². The lowest BCUT2D eigenvalue weighted by atomic mass is 9.89. The van der Waals surface area contributed by atoms with Gasteiger partial charge in [0.2, 0.25) is 0 Å². The van der Waals surface area contributed by atoms with Gasteiger partial charge in [-0.1, -0.05) is 146 Å². The number of aryl methyl sites for hydroxylation is 4. The summed E-state index contributed by atoms with van der Waals surface area (Å²) in [7, 11) is 34.8. The van der Waals surface area contributed by atoms with Crippen molar-refractivity contribution in [3.8, 4) is 5.75 Å². The molecule has 0 aliphatic carbocycles. The number of methoxy groups -OCH3 is 1. The van der Waals surface area contributed by atoms with Crippen molar-refractivity contribution in [1.82, 2.24) is 0 Å². The maximum Gasteiger partial charge on any atom is 0.306 e. The zero-order chi connectivity index (χ0) is 82.1. The van der Waals surface area contributed by atoms with Crippen LogP contribution in [0.1, 0.15) is 179 Å². The summed E-state index contributed by atoms with van der Waals surface area (Å²) in [5.41, 5.74) is 19.9. The predicted octanol–water partition coefficient (Wildman–Crippen LogP) is 19.1. The molecule has 0 fully saturated rings. The Balaban J connectivity index is -0.000000351. The molecule has 5 unspecified atom stereocenters. The van der Waals surface area contributed by atoms with Gasteiger partial charge in [-0.3, -0.25) is 24.0 Å². The molecule has 0 saturated carbocycles. The van der Waals surface area contributed by atoms with Gasteiger partial charge in [0.05, 0.1) is 152 Å². The van der Waals surface area contributed by atoms with E-state index in [9.17, 15) is 24.0 Å². The van der Waals surface area contributed by atoms with Crippen LogP contribution >= 0.6 is 23.2 Å². The molecule has 0 aliphatic rings. The third kappa shape index (κ3) is 54.8. The number of benzene rings is 5. The SMILES string of the molecule is CCC(C)C(=O)O.CCC(C)C(=O)O.CCC(C)C(=O)O.CCC(C)C(=O)O.CCC(C)C(=O)O.COc1ccc(C[N+](C)(C)C)cc1.C[N+](C)(C)Cc1ccc(Cl)c(Cl)c1.Cc1c(C)c(C)c(C[N+](C)(C)C)c(C)c1C.Cc1cc(C)c(C[N+](C)(C)C)c(C)c1.Cc1ccc(C[N+](C)(C)C)cc1. The fraction of sp³-hybridized carbons (Fsp3) is 0.588. The van der Waals surface area contributed by atoms with Crippen molar-refractivity contribution in [3.05, 3.63) is 167 Å². The molecular weight excluding hydrogens is 1340 g/mol. The summed E-state index contributed by atoms with van der Waals surface area (Å²) in [6, 6.07) is 27.3. The molecule has 0 spiro atoms. The number of hydrogen-bond acceptors (Lipinski definition) is 6. The number of hydrogen-bond donors (Lipinski definition) is 5. The van der Waals surface area contributed by atoms with E-state index in [0.717, 1.165) is 93.0 Å². The minimum absolute atomic E-state index is 0.181. The van der Waals surface area contributed by atoms with E-state index in [1.54, 1.807) is 41.7 Å². The minimum atomic E-state index is -0.706.